The molecule has 0 radical (unpaired) electrons. The molecule has 2 aromatic heterocycles. The van der Waals surface area contributed by atoms with Gasteiger partial charge >= 0.3 is 0 Å². The first-order valence-corrected chi connectivity index (χ1v) is 12.2. The number of nitrogens with zero attached hydrogens (tertiary/aromatic N) is 4. The van der Waals surface area contributed by atoms with E-state index in [4.69, 9.17) is 23.2 Å². The van der Waals surface area contributed by atoms with Gasteiger partial charge in [0.25, 0.3) is 5.91 Å². The molecule has 10 heteroatoms. The molecule has 0 bridgehead atoms. The Labute approximate surface area is 216 Å². The molecule has 0 unspecified atom stereocenters. The number of likely N-dealkylation sites (tertiary alicyclic amines) is 1. The summed E-state index contributed by atoms with van der Waals surface area (Å²) < 4.78 is 15.3. The van der Waals surface area contributed by atoms with Crippen LogP contribution in [-0.2, 0) is 11.2 Å². The van der Waals surface area contributed by atoms with Crippen LogP contribution in [0.15, 0.2) is 61.1 Å². The molecule has 36 heavy (non-hydrogen) atoms. The van der Waals surface area contributed by atoms with E-state index in [1.54, 1.807) is 15.6 Å². The van der Waals surface area contributed by atoms with Gasteiger partial charge in [0.2, 0.25) is 5.91 Å². The predicted molar refractivity (Wildman–Crippen MR) is 136 cm³/mol. The number of hydrogen-bond acceptors (Lipinski definition) is 4. The lowest BCUT2D eigenvalue weighted by Gasteiger charge is -2.32. The molecule has 1 aliphatic heterocycles. The summed E-state index contributed by atoms with van der Waals surface area (Å²) in [7, 11) is 0. The van der Waals surface area contributed by atoms with Gasteiger partial charge in [0.15, 0.2) is 11.5 Å². The minimum absolute atomic E-state index is 0.116. The lowest BCUT2D eigenvalue weighted by atomic mass is 9.89. The van der Waals surface area contributed by atoms with Gasteiger partial charge in [0.1, 0.15) is 6.33 Å². The zero-order valence-electron chi connectivity index (χ0n) is 19.1. The van der Waals surface area contributed by atoms with E-state index >= 15 is 0 Å². The van der Waals surface area contributed by atoms with Gasteiger partial charge in [-0.3, -0.25) is 9.59 Å². The second kappa shape index (κ2) is 10.2. The van der Waals surface area contributed by atoms with Crippen molar-refractivity contribution in [3.8, 4) is 0 Å². The van der Waals surface area contributed by atoms with E-state index in [0.29, 0.717) is 19.0 Å². The third kappa shape index (κ3) is 5.20. The number of pyridine rings is 1. The molecule has 5 rings (SSSR count). The van der Waals surface area contributed by atoms with Crippen molar-refractivity contribution in [1.82, 2.24) is 19.5 Å². The number of carbonyl (C=O) groups excluding carboxylic acids is 2. The lowest BCUT2D eigenvalue weighted by molar-refractivity contribution is -0.115. The van der Waals surface area contributed by atoms with Crippen molar-refractivity contribution in [2.24, 2.45) is 0 Å². The average molecular weight is 526 g/mol. The summed E-state index contributed by atoms with van der Waals surface area (Å²) in [4.78, 5) is 31.2. The number of nitrogens with one attached hydrogen (secondary N) is 1. The molecule has 1 N–H and O–H groups in total. The van der Waals surface area contributed by atoms with Crippen LogP contribution in [0.5, 0.6) is 0 Å². The molecule has 0 aliphatic carbocycles. The van der Waals surface area contributed by atoms with Crippen LogP contribution in [-0.4, -0.2) is 44.4 Å². The maximum absolute atomic E-state index is 13.7. The van der Waals surface area contributed by atoms with Crippen molar-refractivity contribution in [3.05, 3.63) is 93.6 Å². The lowest BCUT2D eigenvalue weighted by Crippen LogP contribution is -2.38. The van der Waals surface area contributed by atoms with E-state index in [0.717, 1.165) is 35.3 Å². The van der Waals surface area contributed by atoms with Gasteiger partial charge in [0, 0.05) is 30.5 Å². The summed E-state index contributed by atoms with van der Waals surface area (Å²) in [6, 6.07) is 14.1. The van der Waals surface area contributed by atoms with Crippen molar-refractivity contribution >= 4 is 46.4 Å². The van der Waals surface area contributed by atoms with Gasteiger partial charge in [-0.05, 0) is 60.2 Å². The Morgan fingerprint density at radius 3 is 2.42 bits per heavy atom. The highest BCUT2D eigenvalue weighted by atomic mass is 35.5. The monoisotopic (exact) mass is 525 g/mol. The van der Waals surface area contributed by atoms with Gasteiger partial charge < -0.3 is 10.2 Å². The molecule has 1 fully saturated rings. The smallest absolute Gasteiger partial charge is 0.253 e. The van der Waals surface area contributed by atoms with Crippen molar-refractivity contribution in [2.45, 2.75) is 25.2 Å². The third-order valence-electron chi connectivity index (χ3n) is 6.38. The summed E-state index contributed by atoms with van der Waals surface area (Å²) in [5.74, 6) is -0.747. The van der Waals surface area contributed by atoms with E-state index < -0.39 is 5.82 Å². The number of hydrogen-bond donors (Lipinski definition) is 1. The van der Waals surface area contributed by atoms with Gasteiger partial charge in [-0.15, -0.1) is 0 Å². The number of aromatic nitrogens is 3. The van der Waals surface area contributed by atoms with Gasteiger partial charge in [0.05, 0.1) is 16.5 Å². The second-order valence-electron chi connectivity index (χ2n) is 8.77. The van der Waals surface area contributed by atoms with E-state index in [2.05, 4.69) is 15.4 Å². The molecule has 0 saturated carbocycles. The Morgan fingerprint density at radius 1 is 1.03 bits per heavy atom. The van der Waals surface area contributed by atoms with Crippen molar-refractivity contribution < 1.29 is 14.0 Å². The van der Waals surface area contributed by atoms with Crippen molar-refractivity contribution in [1.29, 1.82) is 0 Å². The Hall–Kier alpha value is -3.49. The molecule has 2 amide bonds. The quantitative estimate of drug-likeness (QED) is 0.355. The van der Waals surface area contributed by atoms with Crippen LogP contribution in [0.4, 0.5) is 10.1 Å². The summed E-state index contributed by atoms with van der Waals surface area (Å²) >= 11 is 11.7. The highest BCUT2D eigenvalue weighted by Gasteiger charge is 2.25. The standard InChI is InChI=1S/C26H22Cl2FN5O2/c27-21-12-19(13-22(28)25(21)29)26(36)33-9-7-18(8-10-33)17-2-4-20(5-3-17)32-24(35)11-16-1-6-23-30-15-31-34(23)14-16/h1-6,12-15,18H,7-11H2,(H,32,35). The number of rotatable bonds is 5. The number of piperidine rings is 1. The maximum Gasteiger partial charge on any atom is 0.253 e. The fraction of sp³-hybridized carbons (Fsp3) is 0.231. The highest BCUT2D eigenvalue weighted by molar-refractivity contribution is 6.35. The van der Waals surface area contributed by atoms with Crippen LogP contribution in [0, 0.1) is 5.82 Å². The molecule has 3 heterocycles. The largest absolute Gasteiger partial charge is 0.339 e. The molecule has 184 valence electrons. The van der Waals surface area contributed by atoms with Gasteiger partial charge in [-0.25, -0.2) is 13.9 Å². The molecule has 0 atom stereocenters. The van der Waals surface area contributed by atoms with Gasteiger partial charge in [-0.1, -0.05) is 41.4 Å². The maximum atomic E-state index is 13.7. The Bertz CT molecular complexity index is 1410. The summed E-state index contributed by atoms with van der Waals surface area (Å²) in [5, 5.41) is 6.70. The Kier molecular flexibility index (Phi) is 6.89. The van der Waals surface area contributed by atoms with Gasteiger partial charge in [-0.2, -0.15) is 5.10 Å². The molecule has 4 aromatic rings. The van der Waals surface area contributed by atoms with Crippen LogP contribution in [0.1, 0.15) is 40.2 Å². The molecular formula is C26H22Cl2FN5O2. The molecular weight excluding hydrogens is 504 g/mol. The van der Waals surface area contributed by atoms with E-state index in [1.807, 2.05) is 36.4 Å². The van der Waals surface area contributed by atoms with Crippen molar-refractivity contribution in [2.75, 3.05) is 18.4 Å². The SMILES string of the molecule is O=C(Cc1ccc2ncnn2c1)Nc1ccc(C2CCN(C(=O)c3cc(Cl)c(F)c(Cl)c3)CC2)cc1. The van der Waals surface area contributed by atoms with E-state index in [1.165, 1.54) is 18.5 Å². The zero-order chi connectivity index (χ0) is 25.2. The van der Waals surface area contributed by atoms with E-state index in [-0.39, 0.29) is 33.8 Å². The molecule has 1 saturated heterocycles. The van der Waals surface area contributed by atoms with Crippen molar-refractivity contribution in [3.63, 3.8) is 0 Å². The third-order valence-corrected chi connectivity index (χ3v) is 6.93. The molecule has 2 aromatic carbocycles. The number of halogens is 3. The topological polar surface area (TPSA) is 79.6 Å². The molecule has 7 nitrogen and oxygen atoms in total. The minimum Gasteiger partial charge on any atom is -0.339 e. The van der Waals surface area contributed by atoms with E-state index in [9.17, 15) is 14.0 Å². The van der Waals surface area contributed by atoms with Crippen LogP contribution in [0.3, 0.4) is 0 Å². The molecule has 0 spiro atoms. The normalized spacial score (nSPS) is 14.2. The minimum atomic E-state index is -0.721. The van der Waals surface area contributed by atoms with Crippen LogP contribution < -0.4 is 5.32 Å². The number of benzene rings is 2. The average Bonchev–Trinajstić information content (AvgIpc) is 3.35. The summed E-state index contributed by atoms with van der Waals surface area (Å²) in [5.41, 5.74) is 3.74. The number of carbonyl (C=O) groups is 2. The first-order valence-electron chi connectivity index (χ1n) is 11.5. The Morgan fingerprint density at radius 2 is 1.72 bits per heavy atom. The fourth-order valence-electron chi connectivity index (χ4n) is 4.47. The fourth-order valence-corrected chi connectivity index (χ4v) is 4.96. The zero-order valence-corrected chi connectivity index (χ0v) is 20.6. The summed E-state index contributed by atoms with van der Waals surface area (Å²) in [6.45, 7) is 1.15. The van der Waals surface area contributed by atoms with Crippen LogP contribution in [0.2, 0.25) is 10.0 Å². The number of fused-ring (bicyclic) bond motifs is 1. The predicted octanol–water partition coefficient (Wildman–Crippen LogP) is 5.38. The number of anilines is 1. The Balaban J connectivity index is 1.15. The first-order chi connectivity index (χ1) is 17.4. The van der Waals surface area contributed by atoms with Crippen LogP contribution >= 0.6 is 23.2 Å². The summed E-state index contributed by atoms with van der Waals surface area (Å²) in [6.07, 6.45) is 5.09. The first kappa shape index (κ1) is 24.2. The molecule has 1 aliphatic rings. The second-order valence-corrected chi connectivity index (χ2v) is 9.58. The number of amides is 2. The van der Waals surface area contributed by atoms with Crippen LogP contribution in [0.25, 0.3) is 5.65 Å². The highest BCUT2D eigenvalue weighted by Crippen LogP contribution is 2.31.